The van der Waals surface area contributed by atoms with E-state index in [4.69, 9.17) is 5.11 Å². The van der Waals surface area contributed by atoms with Gasteiger partial charge >= 0.3 is 6.09 Å². The van der Waals surface area contributed by atoms with Gasteiger partial charge in [-0.3, -0.25) is 4.79 Å². The summed E-state index contributed by atoms with van der Waals surface area (Å²) in [4.78, 5) is 26.2. The average Bonchev–Trinajstić information content (AvgIpc) is 2.81. The molecule has 0 bridgehead atoms. The number of carbonyl (C=O) groups is 2. The summed E-state index contributed by atoms with van der Waals surface area (Å²) in [5.74, 6) is 0.0476. The molecule has 0 aromatic heterocycles. The van der Waals surface area contributed by atoms with Crippen LogP contribution in [0.5, 0.6) is 0 Å². The first-order valence-electron chi connectivity index (χ1n) is 5.95. The van der Waals surface area contributed by atoms with E-state index in [1.165, 1.54) is 4.90 Å². The van der Waals surface area contributed by atoms with Crippen LogP contribution in [0.4, 0.5) is 4.79 Å². The molecule has 0 spiro atoms. The van der Waals surface area contributed by atoms with Crippen LogP contribution in [-0.2, 0) is 4.79 Å². The second-order valence-corrected chi connectivity index (χ2v) is 4.60. The first-order valence-corrected chi connectivity index (χ1v) is 5.95. The van der Waals surface area contributed by atoms with Crippen LogP contribution < -0.4 is 0 Å². The Morgan fingerprint density at radius 2 is 1.62 bits per heavy atom. The molecule has 0 saturated carbocycles. The lowest BCUT2D eigenvalue weighted by atomic mass is 9.97. The third kappa shape index (κ3) is 2.28. The van der Waals surface area contributed by atoms with Gasteiger partial charge in [-0.05, 0) is 25.7 Å². The van der Waals surface area contributed by atoms with E-state index >= 15 is 0 Å². The summed E-state index contributed by atoms with van der Waals surface area (Å²) in [5, 5.41) is 8.90. The van der Waals surface area contributed by atoms with Gasteiger partial charge in [0.25, 0.3) is 0 Å². The molecule has 2 amide bonds. The molecule has 1 N–H and O–H groups in total. The predicted octanol–water partition coefficient (Wildman–Crippen LogP) is 0.999. The fourth-order valence-electron chi connectivity index (χ4n) is 2.55. The molecule has 1 unspecified atom stereocenters. The summed E-state index contributed by atoms with van der Waals surface area (Å²) < 4.78 is 0. The molecule has 16 heavy (non-hydrogen) atoms. The molecule has 2 heterocycles. The van der Waals surface area contributed by atoms with Crippen molar-refractivity contribution in [1.82, 2.24) is 9.80 Å². The molecule has 0 aromatic carbocycles. The van der Waals surface area contributed by atoms with Gasteiger partial charge in [0.2, 0.25) is 5.91 Å². The van der Waals surface area contributed by atoms with E-state index in [9.17, 15) is 9.59 Å². The van der Waals surface area contributed by atoms with Gasteiger partial charge in [-0.2, -0.15) is 0 Å². The van der Waals surface area contributed by atoms with Gasteiger partial charge in [0, 0.05) is 26.2 Å². The van der Waals surface area contributed by atoms with Crippen molar-refractivity contribution in [1.29, 1.82) is 0 Å². The fraction of sp³-hybridized carbons (Fsp3) is 0.818. The lowest BCUT2D eigenvalue weighted by molar-refractivity contribution is -0.135. The number of hydrogen-bond donors (Lipinski definition) is 1. The van der Waals surface area contributed by atoms with Crippen molar-refractivity contribution in [2.24, 2.45) is 5.92 Å². The van der Waals surface area contributed by atoms with E-state index in [1.807, 2.05) is 4.90 Å². The number of carboxylic acid groups (broad SMARTS) is 1. The van der Waals surface area contributed by atoms with Gasteiger partial charge in [0.1, 0.15) is 0 Å². The SMILES string of the molecule is O=C(O)N1CCCC(C(=O)N2CCCC2)C1. The van der Waals surface area contributed by atoms with E-state index < -0.39 is 6.09 Å². The number of carbonyl (C=O) groups excluding carboxylic acids is 1. The van der Waals surface area contributed by atoms with Crippen LogP contribution in [0.15, 0.2) is 0 Å². The highest BCUT2D eigenvalue weighted by Crippen LogP contribution is 2.21. The molecular formula is C11H18N2O3. The highest BCUT2D eigenvalue weighted by molar-refractivity contribution is 5.80. The zero-order valence-electron chi connectivity index (χ0n) is 9.39. The summed E-state index contributed by atoms with van der Waals surface area (Å²) in [6, 6.07) is 0. The molecule has 5 nitrogen and oxygen atoms in total. The van der Waals surface area contributed by atoms with Gasteiger partial charge in [-0.25, -0.2) is 4.79 Å². The molecule has 2 fully saturated rings. The molecule has 1 atom stereocenters. The topological polar surface area (TPSA) is 60.9 Å². The minimum absolute atomic E-state index is 0.108. The molecule has 2 aliphatic rings. The Labute approximate surface area is 95.0 Å². The first-order chi connectivity index (χ1) is 7.68. The Hall–Kier alpha value is -1.26. The molecule has 2 rings (SSSR count). The van der Waals surface area contributed by atoms with Crippen LogP contribution in [0.2, 0.25) is 0 Å². The zero-order chi connectivity index (χ0) is 11.5. The van der Waals surface area contributed by atoms with E-state index in [1.54, 1.807) is 0 Å². The average molecular weight is 226 g/mol. The van der Waals surface area contributed by atoms with E-state index in [0.29, 0.717) is 13.1 Å². The normalized spacial score (nSPS) is 25.9. The zero-order valence-corrected chi connectivity index (χ0v) is 9.39. The largest absolute Gasteiger partial charge is 0.465 e. The number of likely N-dealkylation sites (tertiary alicyclic amines) is 2. The summed E-state index contributed by atoms with van der Waals surface area (Å²) in [6.07, 6.45) is 2.90. The predicted molar refractivity (Wildman–Crippen MR) is 58.1 cm³/mol. The lowest BCUT2D eigenvalue weighted by Crippen LogP contribution is -2.45. The second kappa shape index (κ2) is 4.72. The van der Waals surface area contributed by atoms with Gasteiger partial charge in [0.05, 0.1) is 5.92 Å². The second-order valence-electron chi connectivity index (χ2n) is 4.60. The maximum Gasteiger partial charge on any atom is 0.407 e. The third-order valence-corrected chi connectivity index (χ3v) is 3.46. The number of amides is 2. The van der Waals surface area contributed by atoms with E-state index in [2.05, 4.69) is 0 Å². The third-order valence-electron chi connectivity index (χ3n) is 3.46. The molecule has 0 radical (unpaired) electrons. The Balaban J connectivity index is 1.93. The molecule has 90 valence electrons. The highest BCUT2D eigenvalue weighted by Gasteiger charge is 2.31. The van der Waals surface area contributed by atoms with Crippen molar-refractivity contribution in [2.75, 3.05) is 26.2 Å². The quantitative estimate of drug-likeness (QED) is 0.725. The van der Waals surface area contributed by atoms with Gasteiger partial charge in [0.15, 0.2) is 0 Å². The standard InChI is InChI=1S/C11H18N2O3/c14-10(12-5-1-2-6-12)9-4-3-7-13(8-9)11(15)16/h9H,1-8H2,(H,15,16). The maximum absolute atomic E-state index is 12.1. The van der Waals surface area contributed by atoms with Crippen molar-refractivity contribution in [3.05, 3.63) is 0 Å². The van der Waals surface area contributed by atoms with Crippen molar-refractivity contribution >= 4 is 12.0 Å². The van der Waals surface area contributed by atoms with Crippen LogP contribution in [0.3, 0.4) is 0 Å². The van der Waals surface area contributed by atoms with Crippen LogP contribution in [0.25, 0.3) is 0 Å². The molecule has 2 saturated heterocycles. The Morgan fingerprint density at radius 1 is 1.00 bits per heavy atom. The summed E-state index contributed by atoms with van der Waals surface area (Å²) >= 11 is 0. The van der Waals surface area contributed by atoms with Crippen molar-refractivity contribution in [3.63, 3.8) is 0 Å². The van der Waals surface area contributed by atoms with Crippen LogP contribution >= 0.6 is 0 Å². The number of rotatable bonds is 1. The molecular weight excluding hydrogens is 208 g/mol. The number of piperidine rings is 1. The van der Waals surface area contributed by atoms with Crippen LogP contribution in [-0.4, -0.2) is 53.1 Å². The van der Waals surface area contributed by atoms with E-state index in [-0.39, 0.29) is 11.8 Å². The lowest BCUT2D eigenvalue weighted by Gasteiger charge is -2.32. The van der Waals surface area contributed by atoms with Crippen molar-refractivity contribution < 1.29 is 14.7 Å². The van der Waals surface area contributed by atoms with Gasteiger partial charge in [-0.15, -0.1) is 0 Å². The smallest absolute Gasteiger partial charge is 0.407 e. The maximum atomic E-state index is 12.1. The molecule has 5 heteroatoms. The number of hydrogen-bond acceptors (Lipinski definition) is 2. The molecule has 0 aliphatic carbocycles. The summed E-state index contributed by atoms with van der Waals surface area (Å²) in [6.45, 7) is 2.65. The monoisotopic (exact) mass is 226 g/mol. The number of nitrogens with zero attached hydrogens (tertiary/aromatic N) is 2. The van der Waals surface area contributed by atoms with Crippen molar-refractivity contribution in [2.45, 2.75) is 25.7 Å². The minimum atomic E-state index is -0.904. The molecule has 0 aromatic rings. The molecule has 2 aliphatic heterocycles. The highest BCUT2D eigenvalue weighted by atomic mass is 16.4. The fourth-order valence-corrected chi connectivity index (χ4v) is 2.55. The van der Waals surface area contributed by atoms with Crippen LogP contribution in [0.1, 0.15) is 25.7 Å². The Kier molecular flexibility index (Phi) is 3.31. The van der Waals surface area contributed by atoms with Crippen LogP contribution in [0, 0.1) is 5.92 Å². The first kappa shape index (κ1) is 11.2. The summed E-state index contributed by atoms with van der Waals surface area (Å²) in [7, 11) is 0. The van der Waals surface area contributed by atoms with Gasteiger partial charge in [-0.1, -0.05) is 0 Å². The van der Waals surface area contributed by atoms with Crippen molar-refractivity contribution in [3.8, 4) is 0 Å². The van der Waals surface area contributed by atoms with Gasteiger partial charge < -0.3 is 14.9 Å². The Morgan fingerprint density at radius 3 is 2.25 bits per heavy atom. The summed E-state index contributed by atoms with van der Waals surface area (Å²) in [5.41, 5.74) is 0. The Bertz CT molecular complexity index is 287. The minimum Gasteiger partial charge on any atom is -0.465 e. The van der Waals surface area contributed by atoms with E-state index in [0.717, 1.165) is 38.8 Å².